The van der Waals surface area contributed by atoms with Gasteiger partial charge in [0.2, 0.25) is 5.89 Å². The molecule has 0 spiro atoms. The number of hydrogen-bond donors (Lipinski definition) is 2. The van der Waals surface area contributed by atoms with Crippen LogP contribution >= 0.6 is 0 Å². The zero-order valence-corrected chi connectivity index (χ0v) is 10.8. The van der Waals surface area contributed by atoms with Gasteiger partial charge in [-0.2, -0.15) is 4.98 Å². The maximum atomic E-state index is 11.8. The number of phenols is 1. The molecule has 1 amide bonds. The maximum Gasteiger partial charge on any atom is 0.251 e. The fourth-order valence-electron chi connectivity index (χ4n) is 1.62. The molecular weight excluding hydrogens is 246 g/mol. The summed E-state index contributed by atoms with van der Waals surface area (Å²) in [6, 6.07) is 4.72. The standard InChI is InChI=1S/C13H15N3O3/c1-8-7-10(3-4-11(8)17)13(18)14-6-5-12-15-9(2)16-19-12/h3-4,7,17H,5-6H2,1-2H3,(H,14,18). The van der Waals surface area contributed by atoms with Crippen LogP contribution in [0, 0.1) is 13.8 Å². The largest absolute Gasteiger partial charge is 0.508 e. The smallest absolute Gasteiger partial charge is 0.251 e. The molecule has 0 unspecified atom stereocenters. The summed E-state index contributed by atoms with van der Waals surface area (Å²) in [4.78, 5) is 15.9. The van der Waals surface area contributed by atoms with Crippen LogP contribution in [0.25, 0.3) is 0 Å². The van der Waals surface area contributed by atoms with Crippen LogP contribution in [0.1, 0.15) is 27.6 Å². The van der Waals surface area contributed by atoms with Gasteiger partial charge in [-0.3, -0.25) is 4.79 Å². The molecule has 0 fully saturated rings. The van der Waals surface area contributed by atoms with E-state index in [0.717, 1.165) is 0 Å². The topological polar surface area (TPSA) is 88.2 Å². The number of benzene rings is 1. The van der Waals surface area contributed by atoms with Crippen molar-refractivity contribution < 1.29 is 14.4 Å². The van der Waals surface area contributed by atoms with E-state index in [0.29, 0.717) is 35.8 Å². The Bertz CT molecular complexity index is 593. The Hall–Kier alpha value is -2.37. The number of carbonyl (C=O) groups excluding carboxylic acids is 1. The highest BCUT2D eigenvalue weighted by Crippen LogP contribution is 2.16. The molecule has 2 rings (SSSR count). The van der Waals surface area contributed by atoms with Gasteiger partial charge >= 0.3 is 0 Å². The Morgan fingerprint density at radius 1 is 1.42 bits per heavy atom. The van der Waals surface area contributed by atoms with Crippen LogP contribution in [0.3, 0.4) is 0 Å². The highest BCUT2D eigenvalue weighted by Gasteiger charge is 2.08. The molecule has 100 valence electrons. The van der Waals surface area contributed by atoms with Crippen LogP contribution in [0.5, 0.6) is 5.75 Å². The van der Waals surface area contributed by atoms with E-state index in [2.05, 4.69) is 15.5 Å². The third-order valence-electron chi connectivity index (χ3n) is 2.65. The zero-order chi connectivity index (χ0) is 13.8. The number of hydrogen-bond acceptors (Lipinski definition) is 5. The zero-order valence-electron chi connectivity index (χ0n) is 10.8. The number of carbonyl (C=O) groups is 1. The lowest BCUT2D eigenvalue weighted by atomic mass is 10.1. The van der Waals surface area contributed by atoms with Crippen LogP contribution in [0.15, 0.2) is 22.7 Å². The van der Waals surface area contributed by atoms with E-state index in [1.807, 2.05) is 0 Å². The van der Waals surface area contributed by atoms with Crippen molar-refractivity contribution >= 4 is 5.91 Å². The quantitative estimate of drug-likeness (QED) is 0.867. The summed E-state index contributed by atoms with van der Waals surface area (Å²) in [7, 11) is 0. The van der Waals surface area contributed by atoms with Crippen LogP contribution < -0.4 is 5.32 Å². The minimum Gasteiger partial charge on any atom is -0.508 e. The van der Waals surface area contributed by atoms with E-state index in [1.165, 1.54) is 6.07 Å². The van der Waals surface area contributed by atoms with Crippen molar-refractivity contribution in [2.75, 3.05) is 6.54 Å². The Morgan fingerprint density at radius 2 is 2.21 bits per heavy atom. The van der Waals surface area contributed by atoms with Gasteiger partial charge in [-0.15, -0.1) is 0 Å². The predicted molar refractivity (Wildman–Crippen MR) is 67.9 cm³/mol. The lowest BCUT2D eigenvalue weighted by Crippen LogP contribution is -2.25. The first-order valence-corrected chi connectivity index (χ1v) is 5.93. The van der Waals surface area contributed by atoms with Gasteiger partial charge in [0.25, 0.3) is 5.91 Å². The van der Waals surface area contributed by atoms with Gasteiger partial charge in [0.15, 0.2) is 5.82 Å². The Kier molecular flexibility index (Phi) is 3.79. The molecule has 0 bridgehead atoms. The van der Waals surface area contributed by atoms with E-state index >= 15 is 0 Å². The summed E-state index contributed by atoms with van der Waals surface area (Å²) in [6.45, 7) is 3.90. The second-order valence-electron chi connectivity index (χ2n) is 4.24. The molecule has 0 atom stereocenters. The number of nitrogens with one attached hydrogen (secondary N) is 1. The lowest BCUT2D eigenvalue weighted by Gasteiger charge is -2.05. The fourth-order valence-corrected chi connectivity index (χ4v) is 1.62. The average Bonchev–Trinajstić information content (AvgIpc) is 2.78. The third-order valence-corrected chi connectivity index (χ3v) is 2.65. The van der Waals surface area contributed by atoms with Crippen LogP contribution in [0.2, 0.25) is 0 Å². The molecule has 1 aromatic carbocycles. The molecule has 19 heavy (non-hydrogen) atoms. The lowest BCUT2D eigenvalue weighted by molar-refractivity contribution is 0.0953. The van der Waals surface area contributed by atoms with Gasteiger partial charge in [-0.1, -0.05) is 5.16 Å². The number of aromatic hydroxyl groups is 1. The number of amides is 1. The summed E-state index contributed by atoms with van der Waals surface area (Å²) in [6.07, 6.45) is 0.490. The number of phenolic OH excluding ortho intramolecular Hbond substituents is 1. The van der Waals surface area contributed by atoms with Crippen molar-refractivity contribution in [2.24, 2.45) is 0 Å². The number of aromatic nitrogens is 2. The summed E-state index contributed by atoms with van der Waals surface area (Å²) in [5, 5.41) is 15.8. The van der Waals surface area contributed by atoms with E-state index in [9.17, 15) is 9.90 Å². The van der Waals surface area contributed by atoms with Gasteiger partial charge in [-0.05, 0) is 37.6 Å². The SMILES string of the molecule is Cc1noc(CCNC(=O)c2ccc(O)c(C)c2)n1. The van der Waals surface area contributed by atoms with Crippen molar-refractivity contribution in [1.82, 2.24) is 15.5 Å². The van der Waals surface area contributed by atoms with Gasteiger partial charge in [0.1, 0.15) is 5.75 Å². The molecule has 0 saturated carbocycles. The molecule has 6 heteroatoms. The van der Waals surface area contributed by atoms with Crippen molar-refractivity contribution in [3.05, 3.63) is 41.0 Å². The third kappa shape index (κ3) is 3.31. The normalized spacial score (nSPS) is 10.4. The van der Waals surface area contributed by atoms with E-state index in [1.54, 1.807) is 26.0 Å². The molecule has 0 aliphatic rings. The summed E-state index contributed by atoms with van der Waals surface area (Å²) < 4.78 is 4.94. The van der Waals surface area contributed by atoms with Crippen molar-refractivity contribution in [2.45, 2.75) is 20.3 Å². The second-order valence-corrected chi connectivity index (χ2v) is 4.24. The Labute approximate surface area is 110 Å². The van der Waals surface area contributed by atoms with E-state index < -0.39 is 0 Å². The molecule has 2 aromatic rings. The van der Waals surface area contributed by atoms with Gasteiger partial charge < -0.3 is 14.9 Å². The predicted octanol–water partition coefficient (Wildman–Crippen LogP) is 1.36. The highest BCUT2D eigenvalue weighted by molar-refractivity contribution is 5.94. The van der Waals surface area contributed by atoms with Crippen LogP contribution in [-0.2, 0) is 6.42 Å². The second kappa shape index (κ2) is 5.51. The van der Waals surface area contributed by atoms with Crippen LogP contribution in [0.4, 0.5) is 0 Å². The average molecular weight is 261 g/mol. The van der Waals surface area contributed by atoms with E-state index in [4.69, 9.17) is 4.52 Å². The first kappa shape index (κ1) is 13.1. The first-order chi connectivity index (χ1) is 9.06. The van der Waals surface area contributed by atoms with E-state index in [-0.39, 0.29) is 11.7 Å². The number of rotatable bonds is 4. The van der Waals surface area contributed by atoms with Crippen LogP contribution in [-0.4, -0.2) is 27.7 Å². The molecule has 1 heterocycles. The summed E-state index contributed by atoms with van der Waals surface area (Å²) >= 11 is 0. The highest BCUT2D eigenvalue weighted by atomic mass is 16.5. The minimum absolute atomic E-state index is 0.179. The number of nitrogens with zero attached hydrogens (tertiary/aromatic N) is 2. The first-order valence-electron chi connectivity index (χ1n) is 5.93. The molecule has 0 radical (unpaired) electrons. The Morgan fingerprint density at radius 3 is 2.84 bits per heavy atom. The molecule has 2 N–H and O–H groups in total. The van der Waals surface area contributed by atoms with Crippen molar-refractivity contribution in [3.8, 4) is 5.75 Å². The van der Waals surface area contributed by atoms with Crippen molar-refractivity contribution in [1.29, 1.82) is 0 Å². The van der Waals surface area contributed by atoms with Crippen molar-refractivity contribution in [3.63, 3.8) is 0 Å². The minimum atomic E-state index is -0.195. The monoisotopic (exact) mass is 261 g/mol. The van der Waals surface area contributed by atoms with Gasteiger partial charge in [0.05, 0.1) is 0 Å². The fraction of sp³-hybridized carbons (Fsp3) is 0.308. The molecule has 0 saturated heterocycles. The molecule has 1 aromatic heterocycles. The molecule has 0 aliphatic carbocycles. The summed E-state index contributed by atoms with van der Waals surface area (Å²) in [5.74, 6) is 1.06. The molecule has 0 aliphatic heterocycles. The van der Waals surface area contributed by atoms with Gasteiger partial charge in [-0.25, -0.2) is 0 Å². The molecule has 6 nitrogen and oxygen atoms in total. The Balaban J connectivity index is 1.89. The molecular formula is C13H15N3O3. The number of aryl methyl sites for hydroxylation is 2. The van der Waals surface area contributed by atoms with Gasteiger partial charge in [0, 0.05) is 18.5 Å². The summed E-state index contributed by atoms with van der Waals surface area (Å²) in [5.41, 5.74) is 1.18. The maximum absolute atomic E-state index is 11.8.